The van der Waals surface area contributed by atoms with Crippen LogP contribution in [0.15, 0.2) is 89.4 Å². The van der Waals surface area contributed by atoms with Crippen LogP contribution in [0, 0.1) is 0 Å². The van der Waals surface area contributed by atoms with Crippen molar-refractivity contribution >= 4 is 28.5 Å². The van der Waals surface area contributed by atoms with Gasteiger partial charge in [0.2, 0.25) is 5.89 Å². The fourth-order valence-electron chi connectivity index (χ4n) is 3.40. The van der Waals surface area contributed by atoms with Crippen molar-refractivity contribution in [3.63, 3.8) is 0 Å². The molecule has 0 radical (unpaired) electrons. The number of carbonyl (C=O) groups excluding carboxylic acids is 1. The minimum absolute atomic E-state index is 0.0573. The quantitative estimate of drug-likeness (QED) is 0.176. The average molecular weight is 440 g/mol. The number of ketones is 1. The number of hydrogen-bond acceptors (Lipinski definition) is 5. The normalized spacial score (nSPS) is 11.9. The first-order valence-electron chi connectivity index (χ1n) is 10.7. The van der Waals surface area contributed by atoms with Gasteiger partial charge in [0.25, 0.3) is 0 Å². The first kappa shape index (κ1) is 22.1. The topological polar surface area (TPSA) is 61.6 Å². The Hall–Kier alpha value is -4.12. The zero-order valence-electron chi connectivity index (χ0n) is 18.8. The molecule has 0 N–H and O–H groups in total. The van der Waals surface area contributed by atoms with Crippen LogP contribution in [-0.4, -0.2) is 24.0 Å². The third-order valence-electron chi connectivity index (χ3n) is 4.93. The molecule has 0 aliphatic carbocycles. The SMILES string of the molecule is COc1ccccc1C=CC=C(C(=O)c1ccc(OC(C)C)cc1)c1nc2ccccc2o1. The highest BCUT2D eigenvalue weighted by Crippen LogP contribution is 2.26. The van der Waals surface area contributed by atoms with Crippen molar-refractivity contribution in [1.29, 1.82) is 0 Å². The zero-order chi connectivity index (χ0) is 23.2. The third-order valence-corrected chi connectivity index (χ3v) is 4.93. The predicted molar refractivity (Wildman–Crippen MR) is 131 cm³/mol. The maximum Gasteiger partial charge on any atom is 0.231 e. The van der Waals surface area contributed by atoms with Gasteiger partial charge in [0, 0.05) is 11.1 Å². The lowest BCUT2D eigenvalue weighted by atomic mass is 10.0. The van der Waals surface area contributed by atoms with Gasteiger partial charge >= 0.3 is 0 Å². The Labute approximate surface area is 193 Å². The number of nitrogens with zero attached hydrogens (tertiary/aromatic N) is 1. The van der Waals surface area contributed by atoms with Crippen LogP contribution in [0.3, 0.4) is 0 Å². The van der Waals surface area contributed by atoms with Crippen LogP contribution in [0.1, 0.15) is 35.7 Å². The number of oxazole rings is 1. The number of aromatic nitrogens is 1. The van der Waals surface area contributed by atoms with E-state index in [1.54, 1.807) is 43.5 Å². The molecule has 0 saturated carbocycles. The van der Waals surface area contributed by atoms with Gasteiger partial charge in [0.15, 0.2) is 11.4 Å². The first-order chi connectivity index (χ1) is 16.0. The number of para-hydroxylation sites is 3. The van der Waals surface area contributed by atoms with E-state index in [0.717, 1.165) is 11.3 Å². The predicted octanol–water partition coefficient (Wildman–Crippen LogP) is 6.60. The molecule has 1 heterocycles. The summed E-state index contributed by atoms with van der Waals surface area (Å²) in [6.45, 7) is 3.92. The summed E-state index contributed by atoms with van der Waals surface area (Å²) < 4.78 is 17.0. The fraction of sp³-hybridized carbons (Fsp3) is 0.143. The second-order valence-corrected chi connectivity index (χ2v) is 7.69. The number of hydrogen-bond donors (Lipinski definition) is 0. The lowest BCUT2D eigenvalue weighted by molar-refractivity contribution is 0.105. The van der Waals surface area contributed by atoms with Crippen molar-refractivity contribution in [1.82, 2.24) is 4.98 Å². The summed E-state index contributed by atoms with van der Waals surface area (Å²) in [6.07, 6.45) is 5.46. The molecule has 0 bridgehead atoms. The fourth-order valence-corrected chi connectivity index (χ4v) is 3.40. The summed E-state index contributed by atoms with van der Waals surface area (Å²) in [5.74, 6) is 1.54. The molecule has 33 heavy (non-hydrogen) atoms. The molecule has 5 heteroatoms. The average Bonchev–Trinajstić information content (AvgIpc) is 3.25. The van der Waals surface area contributed by atoms with Crippen molar-refractivity contribution in [2.45, 2.75) is 20.0 Å². The van der Waals surface area contributed by atoms with Crippen LogP contribution in [0.5, 0.6) is 11.5 Å². The Morgan fingerprint density at radius 3 is 2.42 bits per heavy atom. The van der Waals surface area contributed by atoms with Gasteiger partial charge in [-0.25, -0.2) is 4.98 Å². The van der Waals surface area contributed by atoms with Crippen LogP contribution in [0.25, 0.3) is 22.7 Å². The van der Waals surface area contributed by atoms with Crippen molar-refractivity contribution in [3.05, 3.63) is 102 Å². The minimum Gasteiger partial charge on any atom is -0.496 e. The number of rotatable bonds is 8. The summed E-state index contributed by atoms with van der Waals surface area (Å²) in [5, 5.41) is 0. The molecule has 4 aromatic rings. The maximum absolute atomic E-state index is 13.5. The second-order valence-electron chi connectivity index (χ2n) is 7.69. The summed E-state index contributed by atoms with van der Waals surface area (Å²) in [5.41, 5.74) is 3.09. The zero-order valence-corrected chi connectivity index (χ0v) is 18.8. The lowest BCUT2D eigenvalue weighted by Crippen LogP contribution is -2.06. The Balaban J connectivity index is 1.71. The van der Waals surface area contributed by atoms with Gasteiger partial charge in [0.1, 0.15) is 17.0 Å². The minimum atomic E-state index is -0.192. The number of Topliss-reactive ketones (excluding diaryl/α,β-unsaturated/α-hetero) is 1. The van der Waals surface area contributed by atoms with Gasteiger partial charge < -0.3 is 13.9 Å². The van der Waals surface area contributed by atoms with Crippen LogP contribution >= 0.6 is 0 Å². The molecule has 0 fully saturated rings. The number of benzene rings is 3. The third kappa shape index (κ3) is 5.21. The standard InChI is InChI=1S/C28H25NO4/c1-19(2)32-22-17-15-21(16-18-22)27(30)23(28-29-24-12-5-7-14-26(24)33-28)11-8-10-20-9-4-6-13-25(20)31-3/h4-19H,1-3H3. The van der Waals surface area contributed by atoms with E-state index < -0.39 is 0 Å². The molecule has 4 rings (SSSR count). The summed E-state index contributed by atoms with van der Waals surface area (Å²) in [4.78, 5) is 18.0. The number of allylic oxidation sites excluding steroid dienone is 3. The Morgan fingerprint density at radius 2 is 1.70 bits per heavy atom. The number of ether oxygens (including phenoxy) is 2. The van der Waals surface area contributed by atoms with Crippen LogP contribution < -0.4 is 9.47 Å². The molecule has 1 aromatic heterocycles. The molecule has 3 aromatic carbocycles. The Bertz CT molecular complexity index is 1280. The van der Waals surface area contributed by atoms with Gasteiger partial charge in [-0.2, -0.15) is 0 Å². The lowest BCUT2D eigenvalue weighted by Gasteiger charge is -2.10. The molecule has 166 valence electrons. The van der Waals surface area contributed by atoms with Gasteiger partial charge in [-0.1, -0.05) is 42.5 Å². The molecule has 0 spiro atoms. The van der Waals surface area contributed by atoms with Crippen molar-refractivity contribution in [2.24, 2.45) is 0 Å². The highest BCUT2D eigenvalue weighted by molar-refractivity contribution is 6.28. The molecule has 0 aliphatic heterocycles. The van der Waals surface area contributed by atoms with Gasteiger partial charge in [-0.15, -0.1) is 0 Å². The van der Waals surface area contributed by atoms with E-state index in [-0.39, 0.29) is 17.8 Å². The van der Waals surface area contributed by atoms with E-state index in [1.165, 1.54) is 0 Å². The van der Waals surface area contributed by atoms with Crippen molar-refractivity contribution < 1.29 is 18.7 Å². The van der Waals surface area contributed by atoms with Gasteiger partial charge in [-0.3, -0.25) is 4.79 Å². The molecular formula is C28H25NO4. The first-order valence-corrected chi connectivity index (χ1v) is 10.7. The molecule has 5 nitrogen and oxygen atoms in total. The van der Waals surface area contributed by atoms with Crippen molar-refractivity contribution in [3.8, 4) is 11.5 Å². The smallest absolute Gasteiger partial charge is 0.231 e. The van der Waals surface area contributed by atoms with E-state index in [2.05, 4.69) is 4.98 Å². The number of carbonyl (C=O) groups is 1. The van der Waals surface area contributed by atoms with Crippen LogP contribution in [0.4, 0.5) is 0 Å². The number of fused-ring (bicyclic) bond motifs is 1. The highest BCUT2D eigenvalue weighted by atomic mass is 16.5. The Kier molecular flexibility index (Phi) is 6.69. The molecule has 0 unspecified atom stereocenters. The molecule has 0 aliphatic rings. The van der Waals surface area contributed by atoms with Gasteiger partial charge in [-0.05, 0) is 62.4 Å². The van der Waals surface area contributed by atoms with E-state index in [4.69, 9.17) is 13.9 Å². The monoisotopic (exact) mass is 439 g/mol. The van der Waals surface area contributed by atoms with Gasteiger partial charge in [0.05, 0.1) is 18.8 Å². The number of methoxy groups -OCH3 is 1. The second kappa shape index (κ2) is 10.0. The van der Waals surface area contributed by atoms with E-state index >= 15 is 0 Å². The van der Waals surface area contributed by atoms with E-state index in [9.17, 15) is 4.79 Å². The van der Waals surface area contributed by atoms with Crippen LogP contribution in [-0.2, 0) is 0 Å². The molecule has 0 saturated heterocycles. The molecular weight excluding hydrogens is 414 g/mol. The van der Waals surface area contributed by atoms with E-state index in [0.29, 0.717) is 28.0 Å². The highest BCUT2D eigenvalue weighted by Gasteiger charge is 2.19. The summed E-state index contributed by atoms with van der Waals surface area (Å²) >= 11 is 0. The van der Waals surface area contributed by atoms with Crippen molar-refractivity contribution in [2.75, 3.05) is 7.11 Å². The maximum atomic E-state index is 13.5. The summed E-state index contributed by atoms with van der Waals surface area (Å²) in [6, 6.07) is 22.2. The Morgan fingerprint density at radius 1 is 0.970 bits per heavy atom. The summed E-state index contributed by atoms with van der Waals surface area (Å²) in [7, 11) is 1.63. The largest absolute Gasteiger partial charge is 0.496 e. The van der Waals surface area contributed by atoms with E-state index in [1.807, 2.05) is 68.5 Å². The molecule has 0 atom stereocenters. The van der Waals surface area contributed by atoms with Crippen LogP contribution in [0.2, 0.25) is 0 Å². The molecule has 0 amide bonds.